The molecule has 2 heterocycles. The van der Waals surface area contributed by atoms with E-state index in [2.05, 4.69) is 47.1 Å². The predicted octanol–water partition coefficient (Wildman–Crippen LogP) is 5.20. The van der Waals surface area contributed by atoms with E-state index in [9.17, 15) is 14.0 Å². The summed E-state index contributed by atoms with van der Waals surface area (Å²) in [5.74, 6) is -1.37. The smallest absolute Gasteiger partial charge is 0.347 e. The minimum Gasteiger partial charge on any atom is -0.477 e. The van der Waals surface area contributed by atoms with Gasteiger partial charge in [-0.3, -0.25) is 4.79 Å². The Kier molecular flexibility index (Phi) is 8.23. The van der Waals surface area contributed by atoms with Crippen LogP contribution in [0.25, 0.3) is 0 Å². The highest BCUT2D eigenvalue weighted by Gasteiger charge is 2.14. The van der Waals surface area contributed by atoms with Crippen molar-refractivity contribution in [2.24, 2.45) is 0 Å². The zero-order valence-corrected chi connectivity index (χ0v) is 19.4. The van der Waals surface area contributed by atoms with Gasteiger partial charge in [-0.15, -0.1) is 11.3 Å². The SMILES string of the molecule is Cc1nc(Br)sc1C(=O)NCc1ccc(F)cc1.Cc1nc(Br)sc1C(=O)O. The normalized spacial score (nSPS) is 10.2. The lowest BCUT2D eigenvalue weighted by Gasteiger charge is -2.04. The van der Waals surface area contributed by atoms with Crippen molar-refractivity contribution in [1.82, 2.24) is 15.3 Å². The molecule has 11 heteroatoms. The van der Waals surface area contributed by atoms with Gasteiger partial charge in [0.05, 0.1) is 11.4 Å². The first-order valence-corrected chi connectivity index (χ1v) is 10.9. The van der Waals surface area contributed by atoms with Crippen LogP contribution in [0.5, 0.6) is 0 Å². The van der Waals surface area contributed by atoms with Crippen LogP contribution >= 0.6 is 54.5 Å². The van der Waals surface area contributed by atoms with Crippen LogP contribution in [-0.2, 0) is 6.54 Å². The molecule has 2 aromatic heterocycles. The molecule has 0 aliphatic carbocycles. The maximum absolute atomic E-state index is 12.7. The average Bonchev–Trinajstić information content (AvgIpc) is 3.15. The molecule has 0 saturated carbocycles. The van der Waals surface area contributed by atoms with Crippen molar-refractivity contribution in [2.75, 3.05) is 0 Å². The molecule has 2 N–H and O–H groups in total. The molecule has 0 unspecified atom stereocenters. The number of rotatable bonds is 4. The number of nitrogens with zero attached hydrogens (tertiary/aromatic N) is 2. The third-order valence-corrected chi connectivity index (χ3v) is 6.51. The van der Waals surface area contributed by atoms with Gasteiger partial charge in [-0.05, 0) is 63.4 Å². The minimum absolute atomic E-state index is 0.167. The molecule has 0 spiro atoms. The maximum atomic E-state index is 12.7. The molecule has 0 atom stereocenters. The summed E-state index contributed by atoms with van der Waals surface area (Å²) in [5.41, 5.74) is 2.11. The highest BCUT2D eigenvalue weighted by molar-refractivity contribution is 9.11. The molecule has 0 saturated heterocycles. The van der Waals surface area contributed by atoms with E-state index in [0.717, 1.165) is 16.9 Å². The molecule has 0 bridgehead atoms. The summed E-state index contributed by atoms with van der Waals surface area (Å²) in [6.07, 6.45) is 0. The summed E-state index contributed by atoms with van der Waals surface area (Å²) in [6.45, 7) is 3.83. The van der Waals surface area contributed by atoms with Crippen molar-refractivity contribution in [3.05, 3.63) is 64.6 Å². The molecule has 3 rings (SSSR count). The first kappa shape index (κ1) is 22.6. The summed E-state index contributed by atoms with van der Waals surface area (Å²) < 4.78 is 14.0. The van der Waals surface area contributed by atoms with Gasteiger partial charge in [-0.1, -0.05) is 23.5 Å². The zero-order valence-electron chi connectivity index (χ0n) is 14.6. The number of halogens is 3. The summed E-state index contributed by atoms with van der Waals surface area (Å²) in [5, 5.41) is 11.3. The Morgan fingerprint density at radius 3 is 1.93 bits per heavy atom. The number of hydrogen-bond donors (Lipinski definition) is 2. The number of carbonyl (C=O) groups excluding carboxylic acids is 1. The second-order valence-corrected chi connectivity index (χ2v) is 9.93. The summed E-state index contributed by atoms with van der Waals surface area (Å²) >= 11 is 8.76. The fourth-order valence-corrected chi connectivity index (χ4v) is 4.85. The maximum Gasteiger partial charge on any atom is 0.347 e. The first-order valence-electron chi connectivity index (χ1n) is 7.69. The fraction of sp³-hybridized carbons (Fsp3) is 0.176. The molecular weight excluding hydrogens is 537 g/mol. The van der Waals surface area contributed by atoms with Crippen LogP contribution in [0.15, 0.2) is 32.1 Å². The lowest BCUT2D eigenvalue weighted by Crippen LogP contribution is -2.22. The topological polar surface area (TPSA) is 92.2 Å². The van der Waals surface area contributed by atoms with Crippen molar-refractivity contribution >= 4 is 66.4 Å². The molecule has 1 aromatic carbocycles. The molecular formula is C17H14Br2FN3O3S2. The van der Waals surface area contributed by atoms with Gasteiger partial charge in [0.2, 0.25) is 0 Å². The van der Waals surface area contributed by atoms with E-state index in [0.29, 0.717) is 35.5 Å². The molecule has 1 amide bonds. The highest BCUT2D eigenvalue weighted by atomic mass is 79.9. The largest absolute Gasteiger partial charge is 0.477 e. The number of aromatic carboxylic acids is 1. The zero-order chi connectivity index (χ0) is 20.8. The van der Waals surface area contributed by atoms with Crippen LogP contribution in [0.3, 0.4) is 0 Å². The second kappa shape index (κ2) is 10.2. The predicted molar refractivity (Wildman–Crippen MR) is 114 cm³/mol. The molecule has 3 aromatic rings. The van der Waals surface area contributed by atoms with Crippen molar-refractivity contribution < 1.29 is 19.1 Å². The fourth-order valence-electron chi connectivity index (χ4n) is 2.00. The number of hydrogen-bond acceptors (Lipinski definition) is 6. The third kappa shape index (κ3) is 6.43. The van der Waals surface area contributed by atoms with Crippen LogP contribution < -0.4 is 5.32 Å². The van der Waals surface area contributed by atoms with Crippen molar-refractivity contribution in [3.63, 3.8) is 0 Å². The van der Waals surface area contributed by atoms with E-state index in [1.54, 1.807) is 26.0 Å². The minimum atomic E-state index is -0.916. The number of aromatic nitrogens is 2. The molecule has 0 aliphatic rings. The van der Waals surface area contributed by atoms with Crippen molar-refractivity contribution in [1.29, 1.82) is 0 Å². The van der Waals surface area contributed by atoms with Crippen LogP contribution in [0.4, 0.5) is 4.39 Å². The summed E-state index contributed by atoms with van der Waals surface area (Å²) in [6, 6.07) is 6.03. The third-order valence-electron chi connectivity index (χ3n) is 3.31. The molecule has 148 valence electrons. The molecule has 0 radical (unpaired) electrons. The van der Waals surface area contributed by atoms with Gasteiger partial charge in [-0.25, -0.2) is 19.2 Å². The number of aryl methyl sites for hydroxylation is 2. The van der Waals surface area contributed by atoms with E-state index in [1.165, 1.54) is 23.5 Å². The van der Waals surface area contributed by atoms with Crippen LogP contribution in [0.2, 0.25) is 0 Å². The van der Waals surface area contributed by atoms with Gasteiger partial charge in [0.1, 0.15) is 15.6 Å². The van der Waals surface area contributed by atoms with E-state index >= 15 is 0 Å². The Balaban J connectivity index is 0.000000237. The van der Waals surface area contributed by atoms with E-state index in [-0.39, 0.29) is 11.7 Å². The van der Waals surface area contributed by atoms with Crippen LogP contribution in [-0.4, -0.2) is 27.0 Å². The van der Waals surface area contributed by atoms with Crippen molar-refractivity contribution in [2.45, 2.75) is 20.4 Å². The van der Waals surface area contributed by atoms with E-state index in [4.69, 9.17) is 5.11 Å². The average molecular weight is 551 g/mol. The van der Waals surface area contributed by atoms with Crippen LogP contribution in [0.1, 0.15) is 36.3 Å². The number of carboxylic acid groups (broad SMARTS) is 1. The lowest BCUT2D eigenvalue weighted by atomic mass is 10.2. The quantitative estimate of drug-likeness (QED) is 0.466. The van der Waals surface area contributed by atoms with Gasteiger partial charge in [-0.2, -0.15) is 0 Å². The Morgan fingerprint density at radius 2 is 1.54 bits per heavy atom. The molecule has 6 nitrogen and oxygen atoms in total. The van der Waals surface area contributed by atoms with E-state index < -0.39 is 5.97 Å². The first-order chi connectivity index (χ1) is 13.2. The molecule has 28 heavy (non-hydrogen) atoms. The number of carboxylic acids is 1. The van der Waals surface area contributed by atoms with Gasteiger partial charge in [0.25, 0.3) is 5.91 Å². The summed E-state index contributed by atoms with van der Waals surface area (Å²) in [7, 11) is 0. The Labute approximate surface area is 185 Å². The Hall–Kier alpha value is -1.69. The van der Waals surface area contributed by atoms with Crippen molar-refractivity contribution in [3.8, 4) is 0 Å². The van der Waals surface area contributed by atoms with Crippen LogP contribution in [0, 0.1) is 19.7 Å². The van der Waals surface area contributed by atoms with Gasteiger partial charge in [0, 0.05) is 6.54 Å². The highest BCUT2D eigenvalue weighted by Crippen LogP contribution is 2.23. The lowest BCUT2D eigenvalue weighted by molar-refractivity contribution is 0.0701. The second-order valence-electron chi connectivity index (χ2n) is 5.38. The van der Waals surface area contributed by atoms with Gasteiger partial charge < -0.3 is 10.4 Å². The number of nitrogens with one attached hydrogen (secondary N) is 1. The number of amides is 1. The number of carbonyl (C=O) groups is 2. The number of thiazole rings is 2. The monoisotopic (exact) mass is 549 g/mol. The molecule has 0 fully saturated rings. The molecule has 0 aliphatic heterocycles. The van der Waals surface area contributed by atoms with Gasteiger partial charge >= 0.3 is 5.97 Å². The van der Waals surface area contributed by atoms with E-state index in [1.807, 2.05) is 0 Å². The standard InChI is InChI=1S/C12H10BrFN2OS.C5H4BrNO2S/c1-7-10(18-12(13)16-7)11(17)15-6-8-2-4-9(14)5-3-8;1-2-3(4(8)9)10-5(6)7-2/h2-5H,6H2,1H3,(H,15,17);1H3,(H,8,9). The number of benzene rings is 1. The summed E-state index contributed by atoms with van der Waals surface area (Å²) in [4.78, 5) is 31.2. The Morgan fingerprint density at radius 1 is 1.04 bits per heavy atom. The van der Waals surface area contributed by atoms with Gasteiger partial charge in [0.15, 0.2) is 7.83 Å². The Bertz CT molecular complexity index is 990.